The molecule has 0 aliphatic carbocycles. The lowest BCUT2D eigenvalue weighted by Gasteiger charge is -2.06. The molecule has 2 aromatic rings. The third-order valence-corrected chi connectivity index (χ3v) is 3.18. The average Bonchev–Trinajstić information content (AvgIpc) is 2.64. The first-order valence-electron chi connectivity index (χ1n) is 5.34. The summed E-state index contributed by atoms with van der Waals surface area (Å²) < 4.78 is 0. The van der Waals surface area contributed by atoms with E-state index >= 15 is 0 Å². The van der Waals surface area contributed by atoms with Crippen LogP contribution in [0.25, 0.3) is 11.3 Å². The summed E-state index contributed by atoms with van der Waals surface area (Å²) in [5.41, 5.74) is 2.21. The van der Waals surface area contributed by atoms with Crippen LogP contribution in [0.2, 0.25) is 0 Å². The number of hydrogen-bond donors (Lipinski definition) is 1. The van der Waals surface area contributed by atoms with Gasteiger partial charge in [0.05, 0.1) is 5.69 Å². The van der Waals surface area contributed by atoms with Gasteiger partial charge in [0.2, 0.25) is 0 Å². The van der Waals surface area contributed by atoms with Gasteiger partial charge in [0.15, 0.2) is 0 Å². The highest BCUT2D eigenvalue weighted by atomic mass is 32.1. The van der Waals surface area contributed by atoms with Crippen molar-refractivity contribution in [1.29, 1.82) is 0 Å². The van der Waals surface area contributed by atoms with Crippen LogP contribution in [0.15, 0.2) is 17.5 Å². The fraction of sp³-hybridized carbons (Fsp3) is 0.333. The van der Waals surface area contributed by atoms with Gasteiger partial charge in [-0.1, -0.05) is 0 Å². The van der Waals surface area contributed by atoms with Gasteiger partial charge in [-0.2, -0.15) is 0 Å². The maximum atomic E-state index is 4.47. The SMILES string of the molecule is CCNc1cc(-c2ccsc2C)nc(C)n1. The van der Waals surface area contributed by atoms with E-state index in [0.717, 1.165) is 23.9 Å². The highest BCUT2D eigenvalue weighted by Crippen LogP contribution is 2.27. The smallest absolute Gasteiger partial charge is 0.130 e. The van der Waals surface area contributed by atoms with Crippen LogP contribution in [0.3, 0.4) is 0 Å². The zero-order chi connectivity index (χ0) is 11.5. The molecular formula is C12H15N3S. The lowest BCUT2D eigenvalue weighted by atomic mass is 10.2. The fourth-order valence-corrected chi connectivity index (χ4v) is 2.34. The summed E-state index contributed by atoms with van der Waals surface area (Å²) in [4.78, 5) is 10.1. The Bertz CT molecular complexity index is 491. The summed E-state index contributed by atoms with van der Waals surface area (Å²) in [6.45, 7) is 6.97. The molecule has 2 aromatic heterocycles. The predicted octanol–water partition coefficient (Wildman–Crippen LogP) is 3.25. The van der Waals surface area contributed by atoms with Crippen molar-refractivity contribution in [3.8, 4) is 11.3 Å². The van der Waals surface area contributed by atoms with Crippen LogP contribution in [0.5, 0.6) is 0 Å². The lowest BCUT2D eigenvalue weighted by Crippen LogP contribution is -2.02. The van der Waals surface area contributed by atoms with Crippen molar-refractivity contribution < 1.29 is 0 Å². The Hall–Kier alpha value is -1.42. The number of thiophene rings is 1. The van der Waals surface area contributed by atoms with E-state index in [1.807, 2.05) is 13.0 Å². The quantitative estimate of drug-likeness (QED) is 0.884. The van der Waals surface area contributed by atoms with E-state index in [2.05, 4.69) is 40.6 Å². The lowest BCUT2D eigenvalue weighted by molar-refractivity contribution is 1.04. The van der Waals surface area contributed by atoms with Gasteiger partial charge in [0, 0.05) is 23.1 Å². The minimum atomic E-state index is 0.805. The number of aromatic nitrogens is 2. The molecule has 2 rings (SSSR count). The average molecular weight is 233 g/mol. The molecule has 0 aliphatic heterocycles. The maximum absolute atomic E-state index is 4.47. The van der Waals surface area contributed by atoms with Crippen LogP contribution in [0.4, 0.5) is 5.82 Å². The summed E-state index contributed by atoms with van der Waals surface area (Å²) in [5, 5.41) is 5.31. The highest BCUT2D eigenvalue weighted by molar-refractivity contribution is 7.10. The summed E-state index contributed by atoms with van der Waals surface area (Å²) in [7, 11) is 0. The maximum Gasteiger partial charge on any atom is 0.130 e. The van der Waals surface area contributed by atoms with E-state index < -0.39 is 0 Å². The second kappa shape index (κ2) is 4.61. The van der Waals surface area contributed by atoms with E-state index in [4.69, 9.17) is 0 Å². The van der Waals surface area contributed by atoms with Crippen LogP contribution in [-0.4, -0.2) is 16.5 Å². The Morgan fingerprint density at radius 1 is 1.31 bits per heavy atom. The van der Waals surface area contributed by atoms with Crippen molar-refractivity contribution >= 4 is 17.2 Å². The minimum absolute atomic E-state index is 0.805. The molecule has 1 N–H and O–H groups in total. The minimum Gasteiger partial charge on any atom is -0.370 e. The highest BCUT2D eigenvalue weighted by Gasteiger charge is 2.07. The predicted molar refractivity (Wildman–Crippen MR) is 69.0 cm³/mol. The summed E-state index contributed by atoms with van der Waals surface area (Å²) >= 11 is 1.74. The van der Waals surface area contributed by atoms with Crippen LogP contribution < -0.4 is 5.32 Å². The molecule has 84 valence electrons. The van der Waals surface area contributed by atoms with Gasteiger partial charge in [-0.05, 0) is 32.2 Å². The topological polar surface area (TPSA) is 37.8 Å². The first kappa shape index (κ1) is 11.1. The molecule has 0 saturated heterocycles. The van der Waals surface area contributed by atoms with Crippen molar-refractivity contribution in [1.82, 2.24) is 9.97 Å². The number of anilines is 1. The normalized spacial score (nSPS) is 10.4. The molecule has 0 saturated carbocycles. The summed E-state index contributed by atoms with van der Waals surface area (Å²) in [5.74, 6) is 1.70. The number of rotatable bonds is 3. The molecule has 0 atom stereocenters. The molecule has 4 heteroatoms. The largest absolute Gasteiger partial charge is 0.370 e. The standard InChI is InChI=1S/C12H15N3S/c1-4-13-12-7-11(14-9(3)15-12)10-5-6-16-8(10)2/h5-7H,4H2,1-3H3,(H,13,14,15). The van der Waals surface area contributed by atoms with Gasteiger partial charge < -0.3 is 5.32 Å². The molecule has 2 heterocycles. The zero-order valence-corrected chi connectivity index (χ0v) is 10.6. The van der Waals surface area contributed by atoms with Crippen LogP contribution in [-0.2, 0) is 0 Å². The molecule has 3 nitrogen and oxygen atoms in total. The van der Waals surface area contributed by atoms with Crippen molar-refractivity contribution in [3.05, 3.63) is 28.2 Å². The van der Waals surface area contributed by atoms with Crippen molar-refractivity contribution in [2.24, 2.45) is 0 Å². The van der Waals surface area contributed by atoms with Crippen LogP contribution in [0, 0.1) is 13.8 Å². The molecule has 0 spiro atoms. The molecule has 0 aliphatic rings. The molecule has 0 amide bonds. The number of nitrogens with one attached hydrogen (secondary N) is 1. The second-order valence-electron chi connectivity index (χ2n) is 3.61. The van der Waals surface area contributed by atoms with Gasteiger partial charge in [-0.15, -0.1) is 11.3 Å². The molecule has 0 unspecified atom stereocenters. The van der Waals surface area contributed by atoms with Gasteiger partial charge in [0.1, 0.15) is 11.6 Å². The third-order valence-electron chi connectivity index (χ3n) is 2.33. The number of hydrogen-bond acceptors (Lipinski definition) is 4. The Morgan fingerprint density at radius 3 is 2.75 bits per heavy atom. The Morgan fingerprint density at radius 2 is 2.12 bits per heavy atom. The van der Waals surface area contributed by atoms with Crippen molar-refractivity contribution in [3.63, 3.8) is 0 Å². The van der Waals surface area contributed by atoms with Gasteiger partial charge >= 0.3 is 0 Å². The molecule has 0 bridgehead atoms. The monoisotopic (exact) mass is 233 g/mol. The van der Waals surface area contributed by atoms with Gasteiger partial charge in [-0.25, -0.2) is 9.97 Å². The van der Waals surface area contributed by atoms with E-state index in [1.54, 1.807) is 11.3 Å². The van der Waals surface area contributed by atoms with E-state index in [-0.39, 0.29) is 0 Å². The second-order valence-corrected chi connectivity index (χ2v) is 4.73. The molecule has 0 aromatic carbocycles. The Kier molecular flexibility index (Phi) is 3.19. The first-order chi connectivity index (χ1) is 7.70. The molecule has 0 radical (unpaired) electrons. The fourth-order valence-electron chi connectivity index (χ4n) is 1.63. The summed E-state index contributed by atoms with van der Waals surface area (Å²) in [6.07, 6.45) is 0. The van der Waals surface area contributed by atoms with Crippen molar-refractivity contribution in [2.45, 2.75) is 20.8 Å². The number of nitrogens with zero attached hydrogens (tertiary/aromatic N) is 2. The van der Waals surface area contributed by atoms with E-state index in [9.17, 15) is 0 Å². The Labute approximate surface area is 99.6 Å². The third kappa shape index (κ3) is 2.22. The first-order valence-corrected chi connectivity index (χ1v) is 6.22. The van der Waals surface area contributed by atoms with Crippen molar-refractivity contribution in [2.75, 3.05) is 11.9 Å². The Balaban J connectivity index is 2.45. The summed E-state index contributed by atoms with van der Waals surface area (Å²) in [6, 6.07) is 4.11. The molecule has 0 fully saturated rings. The van der Waals surface area contributed by atoms with E-state index in [1.165, 1.54) is 10.4 Å². The van der Waals surface area contributed by atoms with Crippen LogP contribution in [0.1, 0.15) is 17.6 Å². The molecular weight excluding hydrogens is 218 g/mol. The number of aryl methyl sites for hydroxylation is 2. The van der Waals surface area contributed by atoms with Gasteiger partial charge in [0.25, 0.3) is 0 Å². The van der Waals surface area contributed by atoms with Gasteiger partial charge in [-0.3, -0.25) is 0 Å². The molecule has 16 heavy (non-hydrogen) atoms. The van der Waals surface area contributed by atoms with E-state index in [0.29, 0.717) is 0 Å². The zero-order valence-electron chi connectivity index (χ0n) is 9.74. The van der Waals surface area contributed by atoms with Crippen LogP contribution >= 0.6 is 11.3 Å².